The van der Waals surface area contributed by atoms with Crippen LogP contribution in [0, 0.1) is 3.57 Å². The summed E-state index contributed by atoms with van der Waals surface area (Å²) in [6.07, 6.45) is -8.81. The van der Waals surface area contributed by atoms with Crippen molar-refractivity contribution in [3.8, 4) is 5.88 Å². The Morgan fingerprint density at radius 2 is 2.05 bits per heavy atom. The van der Waals surface area contributed by atoms with E-state index in [1.165, 1.54) is 0 Å². The molecule has 10 heteroatoms. The lowest BCUT2D eigenvalue weighted by molar-refractivity contribution is -0.276. The maximum absolute atomic E-state index is 12.7. The van der Waals surface area contributed by atoms with Crippen LogP contribution in [0.4, 0.5) is 22.0 Å². The second kappa shape index (κ2) is 6.50. The molecule has 1 aromatic heterocycles. The first-order valence-corrected chi connectivity index (χ1v) is 6.02. The Kier molecular flexibility index (Phi) is 5.48. The highest BCUT2D eigenvalue weighted by Crippen LogP contribution is 2.33. The molecular weight excluding hydrogens is 404 g/mol. The van der Waals surface area contributed by atoms with Crippen LogP contribution in [0.2, 0.25) is 0 Å². The number of pyridine rings is 1. The zero-order chi connectivity index (χ0) is 15.5. The third kappa shape index (κ3) is 4.72. The van der Waals surface area contributed by atoms with Gasteiger partial charge in [0.2, 0.25) is 5.88 Å². The Labute approximate surface area is 123 Å². The quantitative estimate of drug-likeness (QED) is 0.434. The van der Waals surface area contributed by atoms with Crippen molar-refractivity contribution >= 4 is 28.6 Å². The molecule has 4 nitrogen and oxygen atoms in total. The monoisotopic (exact) mass is 411 g/mol. The number of hydrogen-bond acceptors (Lipinski definition) is 4. The largest absolute Gasteiger partial charge is 0.574 e. The molecule has 0 amide bonds. The van der Waals surface area contributed by atoms with E-state index in [-0.39, 0.29) is 9.26 Å². The molecule has 0 aliphatic carbocycles. The van der Waals surface area contributed by atoms with Gasteiger partial charge < -0.3 is 9.47 Å². The minimum absolute atomic E-state index is 0.109. The van der Waals surface area contributed by atoms with Crippen molar-refractivity contribution in [3.63, 3.8) is 0 Å². The van der Waals surface area contributed by atoms with Crippen LogP contribution in [0.25, 0.3) is 0 Å². The van der Waals surface area contributed by atoms with Gasteiger partial charge in [0.25, 0.3) is 6.43 Å². The molecule has 112 valence electrons. The zero-order valence-electron chi connectivity index (χ0n) is 9.80. The normalized spacial score (nSPS) is 11.6. The highest BCUT2D eigenvalue weighted by molar-refractivity contribution is 14.1. The van der Waals surface area contributed by atoms with Gasteiger partial charge in [-0.15, -0.1) is 13.2 Å². The van der Waals surface area contributed by atoms with E-state index in [2.05, 4.69) is 14.5 Å². The number of ether oxygens (including phenoxy) is 2. The van der Waals surface area contributed by atoms with Gasteiger partial charge in [-0.1, -0.05) is 0 Å². The van der Waals surface area contributed by atoms with Crippen LogP contribution < -0.4 is 4.74 Å². The van der Waals surface area contributed by atoms with Gasteiger partial charge in [-0.2, -0.15) is 0 Å². The first-order valence-electron chi connectivity index (χ1n) is 4.94. The van der Waals surface area contributed by atoms with Gasteiger partial charge in [-0.05, 0) is 28.7 Å². The highest BCUT2D eigenvalue weighted by Gasteiger charge is 2.34. The van der Waals surface area contributed by atoms with Gasteiger partial charge >= 0.3 is 12.3 Å². The SMILES string of the molecule is COC(=O)Cc1nc(OC(F)(F)F)c(C(F)F)cc1I. The van der Waals surface area contributed by atoms with Gasteiger partial charge in [0, 0.05) is 3.57 Å². The van der Waals surface area contributed by atoms with E-state index in [0.29, 0.717) is 0 Å². The molecule has 20 heavy (non-hydrogen) atoms. The van der Waals surface area contributed by atoms with Gasteiger partial charge in [0.1, 0.15) is 0 Å². The minimum Gasteiger partial charge on any atom is -0.469 e. The lowest BCUT2D eigenvalue weighted by Crippen LogP contribution is -2.20. The molecule has 0 bridgehead atoms. The number of esters is 1. The van der Waals surface area contributed by atoms with E-state index in [1.807, 2.05) is 0 Å². The summed E-state index contributed by atoms with van der Waals surface area (Å²) >= 11 is 1.58. The predicted molar refractivity (Wildman–Crippen MR) is 64.3 cm³/mol. The first-order chi connectivity index (χ1) is 9.14. The van der Waals surface area contributed by atoms with Gasteiger partial charge in [0.05, 0.1) is 24.8 Å². The van der Waals surface area contributed by atoms with Crippen LogP contribution in [0.3, 0.4) is 0 Å². The van der Waals surface area contributed by atoms with E-state index < -0.39 is 36.6 Å². The summed E-state index contributed by atoms with van der Waals surface area (Å²) in [6, 6.07) is 0.789. The Bertz CT molecular complexity index is 506. The molecule has 1 rings (SSSR count). The van der Waals surface area contributed by atoms with Crippen LogP contribution in [0.5, 0.6) is 5.88 Å². The molecule has 0 fully saturated rings. The molecule has 1 aromatic rings. The summed E-state index contributed by atoms with van der Waals surface area (Å²) in [5, 5.41) is 0. The van der Waals surface area contributed by atoms with Crippen LogP contribution in [-0.4, -0.2) is 24.4 Å². The molecule has 0 atom stereocenters. The highest BCUT2D eigenvalue weighted by atomic mass is 127. The minimum atomic E-state index is -5.16. The van der Waals surface area contributed by atoms with Crippen LogP contribution in [0.1, 0.15) is 17.7 Å². The van der Waals surface area contributed by atoms with Crippen LogP contribution in [0.15, 0.2) is 6.07 Å². The molecule has 0 saturated heterocycles. The number of hydrogen-bond donors (Lipinski definition) is 0. The summed E-state index contributed by atoms with van der Waals surface area (Å²) in [4.78, 5) is 14.4. The molecule has 0 unspecified atom stereocenters. The third-order valence-electron chi connectivity index (χ3n) is 2.03. The Morgan fingerprint density at radius 3 is 2.50 bits per heavy atom. The zero-order valence-corrected chi connectivity index (χ0v) is 12.0. The maximum Gasteiger partial charge on any atom is 0.574 e. The van der Waals surface area contributed by atoms with E-state index in [9.17, 15) is 26.7 Å². The van der Waals surface area contributed by atoms with Crippen molar-refractivity contribution in [2.75, 3.05) is 7.11 Å². The summed E-state index contributed by atoms with van der Waals surface area (Å²) in [6.45, 7) is 0. The van der Waals surface area contributed by atoms with Crippen molar-refractivity contribution in [2.45, 2.75) is 19.2 Å². The van der Waals surface area contributed by atoms with Crippen LogP contribution in [-0.2, 0) is 16.0 Å². The number of alkyl halides is 5. The summed E-state index contributed by atoms with van der Waals surface area (Å²) in [5.41, 5.74) is -1.14. The number of carbonyl (C=O) groups excluding carboxylic acids is 1. The summed E-state index contributed by atoms with van der Waals surface area (Å²) < 4.78 is 69.7. The number of carbonyl (C=O) groups is 1. The Hall–Kier alpha value is -1.20. The molecule has 0 aromatic carbocycles. The lowest BCUT2D eigenvalue weighted by atomic mass is 10.2. The third-order valence-corrected chi connectivity index (χ3v) is 2.96. The smallest absolute Gasteiger partial charge is 0.469 e. The molecule has 0 N–H and O–H groups in total. The fourth-order valence-corrected chi connectivity index (χ4v) is 1.85. The van der Waals surface area contributed by atoms with E-state index >= 15 is 0 Å². The van der Waals surface area contributed by atoms with Crippen molar-refractivity contribution < 1.29 is 36.2 Å². The summed E-state index contributed by atoms with van der Waals surface area (Å²) in [5.74, 6) is -2.04. The number of methoxy groups -OCH3 is 1. The lowest BCUT2D eigenvalue weighted by Gasteiger charge is -2.14. The molecule has 1 heterocycles. The molecular formula is C10H7F5INO3. The molecule has 0 radical (unpaired) electrons. The average Bonchev–Trinajstić information content (AvgIpc) is 2.30. The second-order valence-corrected chi connectivity index (χ2v) is 4.57. The van der Waals surface area contributed by atoms with Gasteiger partial charge in [0.15, 0.2) is 0 Å². The second-order valence-electron chi connectivity index (χ2n) is 3.41. The Morgan fingerprint density at radius 1 is 1.45 bits per heavy atom. The van der Waals surface area contributed by atoms with Crippen molar-refractivity contribution in [3.05, 3.63) is 20.9 Å². The maximum atomic E-state index is 12.7. The average molecular weight is 411 g/mol. The fourth-order valence-electron chi connectivity index (χ4n) is 1.20. The topological polar surface area (TPSA) is 48.4 Å². The molecule has 0 aliphatic heterocycles. The number of halogens is 6. The van der Waals surface area contributed by atoms with E-state index in [4.69, 9.17) is 0 Å². The van der Waals surface area contributed by atoms with E-state index in [0.717, 1.165) is 13.2 Å². The number of aromatic nitrogens is 1. The number of nitrogens with zero attached hydrogens (tertiary/aromatic N) is 1. The van der Waals surface area contributed by atoms with Gasteiger partial charge in [-0.3, -0.25) is 4.79 Å². The van der Waals surface area contributed by atoms with Gasteiger partial charge in [-0.25, -0.2) is 13.8 Å². The molecule has 0 aliphatic rings. The number of rotatable bonds is 4. The Balaban J connectivity index is 3.23. The predicted octanol–water partition coefficient (Wildman–Crippen LogP) is 3.24. The van der Waals surface area contributed by atoms with Crippen LogP contribution >= 0.6 is 22.6 Å². The standard InChI is InChI=1S/C10H7F5INO3/c1-19-7(18)3-6-5(16)2-4(8(11)12)9(17-6)20-10(13,14)15/h2,8H,3H2,1H3. The van der Waals surface area contributed by atoms with E-state index in [1.54, 1.807) is 22.6 Å². The molecule has 0 spiro atoms. The van der Waals surface area contributed by atoms with Crippen molar-refractivity contribution in [1.29, 1.82) is 0 Å². The summed E-state index contributed by atoms with van der Waals surface area (Å²) in [7, 11) is 1.08. The molecule has 0 saturated carbocycles. The van der Waals surface area contributed by atoms with Crippen molar-refractivity contribution in [2.24, 2.45) is 0 Å². The fraction of sp³-hybridized carbons (Fsp3) is 0.400. The first kappa shape index (κ1) is 16.9. The van der Waals surface area contributed by atoms with Crippen molar-refractivity contribution in [1.82, 2.24) is 4.98 Å².